The van der Waals surface area contributed by atoms with Crippen molar-refractivity contribution in [3.63, 3.8) is 0 Å². The maximum Gasteiger partial charge on any atom is 0.274 e. The van der Waals surface area contributed by atoms with E-state index >= 15 is 0 Å². The van der Waals surface area contributed by atoms with Crippen LogP contribution in [0.1, 0.15) is 54.0 Å². The van der Waals surface area contributed by atoms with E-state index in [9.17, 15) is 14.7 Å². The topological polar surface area (TPSA) is 92.2 Å². The largest absolute Gasteiger partial charge is 0.506 e. The Balaban J connectivity index is 1.54. The zero-order valence-electron chi connectivity index (χ0n) is 15.5. The first kappa shape index (κ1) is 18.6. The number of Topliss-reactive ketones (excluding diaryl/α,β-unsaturated/α-hetero) is 1. The highest BCUT2D eigenvalue weighted by Gasteiger charge is 2.27. The van der Waals surface area contributed by atoms with Crippen LogP contribution in [0.25, 0.3) is 10.2 Å². The Labute approximate surface area is 166 Å². The number of pyridine rings is 1. The van der Waals surface area contributed by atoms with Gasteiger partial charge < -0.3 is 10.4 Å². The molecule has 0 spiro atoms. The molecule has 1 aliphatic carbocycles. The molecule has 4 rings (SSSR count). The Morgan fingerprint density at radius 3 is 2.64 bits per heavy atom. The van der Waals surface area contributed by atoms with Gasteiger partial charge in [0.05, 0.1) is 20.9 Å². The van der Waals surface area contributed by atoms with Crippen LogP contribution >= 0.6 is 11.3 Å². The van der Waals surface area contributed by atoms with Gasteiger partial charge in [-0.25, -0.2) is 4.98 Å². The van der Waals surface area contributed by atoms with E-state index < -0.39 is 0 Å². The molecule has 28 heavy (non-hydrogen) atoms. The molecule has 2 aromatic heterocycles. The number of phenols is 1. The number of benzene rings is 1. The number of thiazole rings is 1. The molecule has 2 N–H and O–H groups in total. The fourth-order valence-electron chi connectivity index (χ4n) is 3.69. The summed E-state index contributed by atoms with van der Waals surface area (Å²) in [4.78, 5) is 32.6. The summed E-state index contributed by atoms with van der Waals surface area (Å²) in [5, 5.41) is 14.1. The molecule has 3 aromatic rings. The number of nitrogens with one attached hydrogen (secondary N) is 1. The minimum Gasteiger partial charge on any atom is -0.506 e. The minimum absolute atomic E-state index is 0.0195. The van der Waals surface area contributed by atoms with Crippen LogP contribution in [0, 0.1) is 5.92 Å². The van der Waals surface area contributed by atoms with Crippen LogP contribution in [0.5, 0.6) is 5.75 Å². The number of aromatic hydroxyl groups is 1. The summed E-state index contributed by atoms with van der Waals surface area (Å²) in [6.45, 7) is 1.67. The first-order chi connectivity index (χ1) is 13.5. The van der Waals surface area contributed by atoms with Crippen molar-refractivity contribution in [1.29, 1.82) is 0 Å². The molecule has 144 valence electrons. The second-order valence-electron chi connectivity index (χ2n) is 7.22. The molecule has 0 atom stereocenters. The molecular weight excluding hydrogens is 374 g/mol. The molecule has 1 saturated carbocycles. The Hall–Kier alpha value is -2.80. The molecule has 0 bridgehead atoms. The summed E-state index contributed by atoms with van der Waals surface area (Å²) < 4.78 is 0.915. The summed E-state index contributed by atoms with van der Waals surface area (Å²) in [5.74, 6) is 0.419. The molecule has 2 heterocycles. The number of rotatable bonds is 4. The standard InChI is InChI=1S/C21H21N3O3S/c1-12(25)13-5-7-14(8-6-13)21-24-17-10-18(26)16(11-19(17)28-21)23-20(27)15-4-2-3-9-22-15/h2-4,9-11,13-14,26H,5-8H2,1H3,(H,23,27). The normalized spacial score (nSPS) is 19.5. The average molecular weight is 395 g/mol. The van der Waals surface area contributed by atoms with Gasteiger partial charge in [-0.05, 0) is 50.8 Å². The lowest BCUT2D eigenvalue weighted by Gasteiger charge is -2.25. The van der Waals surface area contributed by atoms with Gasteiger partial charge in [0.25, 0.3) is 5.91 Å². The van der Waals surface area contributed by atoms with E-state index in [-0.39, 0.29) is 29.1 Å². The lowest BCUT2D eigenvalue weighted by atomic mass is 9.80. The Morgan fingerprint density at radius 2 is 1.96 bits per heavy atom. The predicted octanol–water partition coefficient (Wildman–Crippen LogP) is 4.51. The molecule has 1 aromatic carbocycles. The maximum atomic E-state index is 12.3. The Kier molecular flexibility index (Phi) is 5.09. The fraction of sp³-hybridized carbons (Fsp3) is 0.333. The van der Waals surface area contributed by atoms with Crippen molar-refractivity contribution < 1.29 is 14.7 Å². The molecule has 7 heteroatoms. The van der Waals surface area contributed by atoms with Gasteiger partial charge in [0.15, 0.2) is 0 Å². The van der Waals surface area contributed by atoms with Gasteiger partial charge in [-0.3, -0.25) is 14.6 Å². The molecule has 1 amide bonds. The molecule has 0 unspecified atom stereocenters. The zero-order chi connectivity index (χ0) is 19.7. The van der Waals surface area contributed by atoms with Gasteiger partial charge in [-0.15, -0.1) is 11.3 Å². The summed E-state index contributed by atoms with van der Waals surface area (Å²) >= 11 is 1.59. The van der Waals surface area contributed by atoms with Crippen molar-refractivity contribution in [1.82, 2.24) is 9.97 Å². The van der Waals surface area contributed by atoms with E-state index in [0.717, 1.165) is 40.9 Å². The second kappa shape index (κ2) is 7.67. The molecule has 0 aliphatic heterocycles. The van der Waals surface area contributed by atoms with Crippen molar-refractivity contribution in [2.45, 2.75) is 38.5 Å². The Bertz CT molecular complexity index is 1020. The van der Waals surface area contributed by atoms with Crippen LogP contribution in [-0.2, 0) is 4.79 Å². The SMILES string of the molecule is CC(=O)C1CCC(c2nc3cc(O)c(NC(=O)c4ccccn4)cc3s2)CC1. The van der Waals surface area contributed by atoms with Crippen LogP contribution in [0.15, 0.2) is 36.5 Å². The number of carbonyl (C=O) groups excluding carboxylic acids is 2. The van der Waals surface area contributed by atoms with Crippen molar-refractivity contribution in [2.24, 2.45) is 5.92 Å². The van der Waals surface area contributed by atoms with Gasteiger partial charge >= 0.3 is 0 Å². The minimum atomic E-state index is -0.373. The molecule has 6 nitrogen and oxygen atoms in total. The number of ketones is 1. The van der Waals surface area contributed by atoms with Crippen LogP contribution in [-0.4, -0.2) is 26.8 Å². The van der Waals surface area contributed by atoms with Crippen LogP contribution in [0.4, 0.5) is 5.69 Å². The third-order valence-electron chi connectivity index (χ3n) is 5.32. The fourth-order valence-corrected chi connectivity index (χ4v) is 4.84. The van der Waals surface area contributed by atoms with Gasteiger partial charge in [0.1, 0.15) is 17.2 Å². The van der Waals surface area contributed by atoms with E-state index in [1.165, 1.54) is 0 Å². The number of nitrogens with zero attached hydrogens (tertiary/aromatic N) is 2. The number of carbonyl (C=O) groups is 2. The summed E-state index contributed by atoms with van der Waals surface area (Å²) in [7, 11) is 0. The highest BCUT2D eigenvalue weighted by molar-refractivity contribution is 7.18. The van der Waals surface area contributed by atoms with Crippen LogP contribution in [0.2, 0.25) is 0 Å². The van der Waals surface area contributed by atoms with Gasteiger partial charge in [0, 0.05) is 24.1 Å². The number of hydrogen-bond donors (Lipinski definition) is 2. The van der Waals surface area contributed by atoms with Crippen LogP contribution in [0.3, 0.4) is 0 Å². The monoisotopic (exact) mass is 395 g/mol. The van der Waals surface area contributed by atoms with Crippen molar-refractivity contribution in [2.75, 3.05) is 5.32 Å². The maximum absolute atomic E-state index is 12.3. The summed E-state index contributed by atoms with van der Waals surface area (Å²) in [6.07, 6.45) is 5.28. The lowest BCUT2D eigenvalue weighted by molar-refractivity contribution is -0.121. The molecular formula is C21H21N3O3S. The third kappa shape index (κ3) is 3.75. The average Bonchev–Trinajstić information content (AvgIpc) is 3.11. The number of aromatic nitrogens is 2. The number of anilines is 1. The second-order valence-corrected chi connectivity index (χ2v) is 8.28. The molecule has 1 aliphatic rings. The number of phenolic OH excluding ortho intramolecular Hbond substituents is 1. The number of amides is 1. The number of hydrogen-bond acceptors (Lipinski definition) is 6. The van der Waals surface area contributed by atoms with Gasteiger partial charge in [0.2, 0.25) is 0 Å². The van der Waals surface area contributed by atoms with Crippen LogP contribution < -0.4 is 5.32 Å². The van der Waals surface area contributed by atoms with Crippen molar-refractivity contribution in [3.05, 3.63) is 47.2 Å². The third-order valence-corrected chi connectivity index (χ3v) is 6.50. The van der Waals surface area contributed by atoms with E-state index in [2.05, 4.69) is 10.3 Å². The lowest BCUT2D eigenvalue weighted by Crippen LogP contribution is -2.18. The number of fused-ring (bicyclic) bond motifs is 1. The predicted molar refractivity (Wildman–Crippen MR) is 109 cm³/mol. The smallest absolute Gasteiger partial charge is 0.274 e. The summed E-state index contributed by atoms with van der Waals surface area (Å²) in [6, 6.07) is 8.44. The zero-order valence-corrected chi connectivity index (χ0v) is 16.3. The van der Waals surface area contributed by atoms with Crippen molar-refractivity contribution in [3.8, 4) is 5.75 Å². The van der Waals surface area contributed by atoms with Gasteiger partial charge in [-0.2, -0.15) is 0 Å². The molecule has 0 radical (unpaired) electrons. The Morgan fingerprint density at radius 1 is 1.18 bits per heavy atom. The van der Waals surface area contributed by atoms with E-state index in [1.54, 1.807) is 54.8 Å². The first-order valence-electron chi connectivity index (χ1n) is 9.37. The molecule has 0 saturated heterocycles. The van der Waals surface area contributed by atoms with Crippen molar-refractivity contribution >= 4 is 38.9 Å². The van der Waals surface area contributed by atoms with Gasteiger partial charge in [-0.1, -0.05) is 6.07 Å². The van der Waals surface area contributed by atoms with E-state index in [0.29, 0.717) is 11.6 Å². The summed E-state index contributed by atoms with van der Waals surface area (Å²) in [5.41, 5.74) is 1.36. The van der Waals surface area contributed by atoms with E-state index in [4.69, 9.17) is 4.98 Å². The first-order valence-corrected chi connectivity index (χ1v) is 10.2. The quantitative estimate of drug-likeness (QED) is 0.634. The molecule has 1 fully saturated rings. The highest BCUT2D eigenvalue weighted by Crippen LogP contribution is 2.41. The highest BCUT2D eigenvalue weighted by atomic mass is 32.1. The van der Waals surface area contributed by atoms with E-state index in [1.807, 2.05) is 0 Å².